The van der Waals surface area contributed by atoms with Crippen LogP contribution in [-0.4, -0.2) is 42.2 Å². The van der Waals surface area contributed by atoms with Gasteiger partial charge in [-0.15, -0.1) is 0 Å². The maximum atomic E-state index is 12.6. The Hall–Kier alpha value is -3.06. The van der Waals surface area contributed by atoms with Gasteiger partial charge < -0.3 is 9.47 Å². The number of para-hydroxylation sites is 1. The van der Waals surface area contributed by atoms with Crippen LogP contribution in [0, 0.1) is 0 Å². The highest BCUT2D eigenvalue weighted by Gasteiger charge is 2.30. The molecule has 0 N–H and O–H groups in total. The molecule has 0 aliphatic carbocycles. The molecule has 1 aliphatic rings. The number of likely N-dealkylation sites (N-methyl/N-ethyl adjacent to an activating group) is 1. The van der Waals surface area contributed by atoms with Crippen LogP contribution in [0.4, 0.5) is 5.69 Å². The van der Waals surface area contributed by atoms with Crippen LogP contribution < -0.4 is 4.74 Å². The van der Waals surface area contributed by atoms with Crippen molar-refractivity contribution in [2.45, 2.75) is 20.0 Å². The summed E-state index contributed by atoms with van der Waals surface area (Å²) in [5, 5.41) is 0.533. The number of ether oxygens (including phenoxy) is 2. The molecule has 6 nitrogen and oxygen atoms in total. The van der Waals surface area contributed by atoms with E-state index in [2.05, 4.69) is 4.99 Å². The fourth-order valence-corrected chi connectivity index (χ4v) is 3.65. The van der Waals surface area contributed by atoms with Gasteiger partial charge in [-0.2, -0.15) is 0 Å². The minimum atomic E-state index is -0.401. The van der Waals surface area contributed by atoms with Crippen molar-refractivity contribution in [3.8, 4) is 5.75 Å². The molecule has 0 saturated carbocycles. The molecule has 1 amide bonds. The molecule has 1 fully saturated rings. The third-order valence-corrected chi connectivity index (χ3v) is 5.14. The Bertz CT molecular complexity index is 998. The molecule has 0 bridgehead atoms. The molecule has 0 unspecified atom stereocenters. The molecule has 2 aromatic carbocycles. The van der Waals surface area contributed by atoms with Crippen LogP contribution >= 0.6 is 11.8 Å². The molecule has 2 aromatic rings. The van der Waals surface area contributed by atoms with E-state index in [4.69, 9.17) is 9.47 Å². The number of hydrogen-bond donors (Lipinski definition) is 0. The van der Waals surface area contributed by atoms with Crippen molar-refractivity contribution < 1.29 is 19.1 Å². The molecule has 7 heteroatoms. The van der Waals surface area contributed by atoms with E-state index in [1.54, 1.807) is 58.3 Å². The van der Waals surface area contributed by atoms with Crippen molar-refractivity contribution in [3.05, 3.63) is 64.6 Å². The second-order valence-electron chi connectivity index (χ2n) is 6.62. The number of thioether (sulfide) groups is 1. The van der Waals surface area contributed by atoms with Gasteiger partial charge in [0.2, 0.25) is 0 Å². The summed E-state index contributed by atoms with van der Waals surface area (Å²) in [5.41, 5.74) is 1.81. The van der Waals surface area contributed by atoms with Gasteiger partial charge >= 0.3 is 5.97 Å². The van der Waals surface area contributed by atoms with Crippen LogP contribution in [0.25, 0.3) is 6.08 Å². The van der Waals surface area contributed by atoms with Gasteiger partial charge in [0.15, 0.2) is 5.17 Å². The molecule has 0 aromatic heterocycles. The topological polar surface area (TPSA) is 68.2 Å². The molecule has 0 spiro atoms. The fraction of sp³-hybridized carbons (Fsp3) is 0.227. The lowest BCUT2D eigenvalue weighted by molar-refractivity contribution is -0.121. The Morgan fingerprint density at radius 2 is 1.93 bits per heavy atom. The molecular formula is C22H22N2O4S. The summed E-state index contributed by atoms with van der Waals surface area (Å²) < 4.78 is 10.6. The molecule has 150 valence electrons. The Morgan fingerprint density at radius 1 is 1.17 bits per heavy atom. The molecule has 29 heavy (non-hydrogen) atoms. The lowest BCUT2D eigenvalue weighted by Gasteiger charge is -2.09. The minimum absolute atomic E-state index is 0.143. The lowest BCUT2D eigenvalue weighted by Crippen LogP contribution is -2.23. The number of methoxy groups -OCH3 is 1. The average Bonchev–Trinajstić information content (AvgIpc) is 2.96. The fourth-order valence-electron chi connectivity index (χ4n) is 2.67. The van der Waals surface area contributed by atoms with Gasteiger partial charge in [-0.05, 0) is 56.0 Å². The van der Waals surface area contributed by atoms with E-state index in [-0.39, 0.29) is 12.0 Å². The Kier molecular flexibility index (Phi) is 6.39. The molecular weight excluding hydrogens is 388 g/mol. The highest BCUT2D eigenvalue weighted by molar-refractivity contribution is 8.18. The minimum Gasteiger partial charge on any atom is -0.496 e. The van der Waals surface area contributed by atoms with Gasteiger partial charge in [-0.3, -0.25) is 9.69 Å². The zero-order valence-corrected chi connectivity index (χ0v) is 17.5. The zero-order valence-electron chi connectivity index (χ0n) is 16.7. The van der Waals surface area contributed by atoms with E-state index in [0.29, 0.717) is 27.1 Å². The quantitative estimate of drug-likeness (QED) is 0.536. The first-order valence-corrected chi connectivity index (χ1v) is 9.91. The summed E-state index contributed by atoms with van der Waals surface area (Å²) in [6, 6.07) is 14.3. The molecule has 1 heterocycles. The second kappa shape index (κ2) is 8.96. The number of nitrogens with zero attached hydrogens (tertiary/aromatic N) is 2. The van der Waals surface area contributed by atoms with Crippen LogP contribution in [0.2, 0.25) is 0 Å². The Labute approximate surface area is 174 Å². The summed E-state index contributed by atoms with van der Waals surface area (Å²) in [6.45, 7) is 3.60. The molecule has 0 atom stereocenters. The number of esters is 1. The summed E-state index contributed by atoms with van der Waals surface area (Å²) >= 11 is 1.28. The van der Waals surface area contributed by atoms with Crippen LogP contribution in [0.1, 0.15) is 29.8 Å². The first kappa shape index (κ1) is 20.7. The highest BCUT2D eigenvalue weighted by atomic mass is 32.2. The molecule has 1 aliphatic heterocycles. The Balaban J connectivity index is 1.87. The van der Waals surface area contributed by atoms with E-state index in [1.165, 1.54) is 16.7 Å². The monoisotopic (exact) mass is 410 g/mol. The molecule has 0 radical (unpaired) electrons. The molecule has 3 rings (SSSR count). The summed E-state index contributed by atoms with van der Waals surface area (Å²) in [4.78, 5) is 31.4. The van der Waals surface area contributed by atoms with E-state index in [0.717, 1.165) is 5.56 Å². The number of amidine groups is 1. The average molecular weight is 410 g/mol. The zero-order chi connectivity index (χ0) is 21.0. The summed E-state index contributed by atoms with van der Waals surface area (Å²) in [7, 11) is 3.27. The van der Waals surface area contributed by atoms with Gasteiger partial charge in [0.1, 0.15) is 5.75 Å². The van der Waals surface area contributed by atoms with Crippen molar-refractivity contribution in [2.75, 3.05) is 14.2 Å². The largest absolute Gasteiger partial charge is 0.496 e. The third kappa shape index (κ3) is 4.86. The standard InChI is InChI=1S/C22H22N2O4S/c1-14(2)28-21(26)16-9-7-10-17(12-16)23-22-24(3)20(25)19(29-22)13-15-8-5-6-11-18(15)27-4/h5-14H,1-4H3/b19-13+,23-22?. The van der Waals surface area contributed by atoms with E-state index >= 15 is 0 Å². The third-order valence-electron chi connectivity index (χ3n) is 4.08. The van der Waals surface area contributed by atoms with E-state index in [1.807, 2.05) is 24.3 Å². The second-order valence-corrected chi connectivity index (χ2v) is 7.62. The predicted octanol–water partition coefficient (Wildman–Crippen LogP) is 4.49. The number of carbonyl (C=O) groups is 2. The first-order chi connectivity index (χ1) is 13.9. The maximum Gasteiger partial charge on any atom is 0.338 e. The molecule has 1 saturated heterocycles. The number of amides is 1. The number of rotatable bonds is 5. The van der Waals surface area contributed by atoms with Crippen molar-refractivity contribution in [2.24, 2.45) is 4.99 Å². The van der Waals surface area contributed by atoms with Crippen LogP contribution in [-0.2, 0) is 9.53 Å². The van der Waals surface area contributed by atoms with Crippen LogP contribution in [0.5, 0.6) is 5.75 Å². The summed E-state index contributed by atoms with van der Waals surface area (Å²) in [6.07, 6.45) is 1.59. The lowest BCUT2D eigenvalue weighted by atomic mass is 10.2. The number of benzene rings is 2. The maximum absolute atomic E-state index is 12.6. The van der Waals surface area contributed by atoms with Crippen molar-refractivity contribution >= 4 is 40.6 Å². The van der Waals surface area contributed by atoms with E-state index < -0.39 is 5.97 Å². The summed E-state index contributed by atoms with van der Waals surface area (Å²) in [5.74, 6) is 0.148. The number of aliphatic imine (C=N–C) groups is 1. The van der Waals surface area contributed by atoms with Crippen LogP contribution in [0.3, 0.4) is 0 Å². The van der Waals surface area contributed by atoms with Gasteiger partial charge in [0.25, 0.3) is 5.91 Å². The van der Waals surface area contributed by atoms with Gasteiger partial charge in [0.05, 0.1) is 29.4 Å². The van der Waals surface area contributed by atoms with Crippen molar-refractivity contribution in [1.29, 1.82) is 0 Å². The van der Waals surface area contributed by atoms with Crippen LogP contribution in [0.15, 0.2) is 58.4 Å². The smallest absolute Gasteiger partial charge is 0.338 e. The number of carbonyl (C=O) groups excluding carboxylic acids is 2. The Morgan fingerprint density at radius 3 is 2.66 bits per heavy atom. The van der Waals surface area contributed by atoms with Crippen molar-refractivity contribution in [1.82, 2.24) is 4.90 Å². The number of hydrogen-bond acceptors (Lipinski definition) is 6. The van der Waals surface area contributed by atoms with Crippen molar-refractivity contribution in [3.63, 3.8) is 0 Å². The predicted molar refractivity (Wildman–Crippen MR) is 115 cm³/mol. The van der Waals surface area contributed by atoms with Gasteiger partial charge in [-0.25, -0.2) is 9.79 Å². The highest BCUT2D eigenvalue weighted by Crippen LogP contribution is 2.34. The van der Waals surface area contributed by atoms with Gasteiger partial charge in [-0.1, -0.05) is 24.3 Å². The first-order valence-electron chi connectivity index (χ1n) is 9.09. The normalized spacial score (nSPS) is 16.7. The van der Waals surface area contributed by atoms with Gasteiger partial charge in [0, 0.05) is 12.6 Å². The SMILES string of the molecule is COc1ccccc1/C=C1/SC(=Nc2cccc(C(=O)OC(C)C)c2)N(C)C1=O. The van der Waals surface area contributed by atoms with E-state index in [9.17, 15) is 9.59 Å².